The van der Waals surface area contributed by atoms with Gasteiger partial charge in [-0.25, -0.2) is 0 Å². The fourth-order valence-corrected chi connectivity index (χ4v) is 3.56. The Morgan fingerprint density at radius 1 is 1.07 bits per heavy atom. The Labute approximate surface area is 159 Å². The molecule has 140 valence electrons. The van der Waals surface area contributed by atoms with E-state index in [2.05, 4.69) is 5.32 Å². The van der Waals surface area contributed by atoms with Crippen LogP contribution in [0, 0.1) is 20.8 Å². The number of carbonyl (C=O) groups is 2. The molecule has 1 heterocycles. The molecule has 5 nitrogen and oxygen atoms in total. The zero-order chi connectivity index (χ0) is 19.7. The smallest absolute Gasteiger partial charge is 0.256 e. The number of likely N-dealkylation sites (N-methyl/N-ethyl adjacent to an activating group) is 1. The molecule has 0 atom stereocenters. The van der Waals surface area contributed by atoms with Crippen molar-refractivity contribution in [2.24, 2.45) is 7.05 Å². The number of hydrogen-bond donors (Lipinski definition) is 1. The molecule has 2 aromatic carbocycles. The summed E-state index contributed by atoms with van der Waals surface area (Å²) < 4.78 is 1.93. The van der Waals surface area contributed by atoms with E-state index in [4.69, 9.17) is 0 Å². The number of anilines is 1. The van der Waals surface area contributed by atoms with Gasteiger partial charge in [0.25, 0.3) is 5.91 Å². The van der Waals surface area contributed by atoms with Gasteiger partial charge in [0.05, 0.1) is 12.1 Å². The van der Waals surface area contributed by atoms with Crippen LogP contribution in [-0.4, -0.2) is 34.9 Å². The van der Waals surface area contributed by atoms with Gasteiger partial charge in [0.2, 0.25) is 5.91 Å². The lowest BCUT2D eigenvalue weighted by atomic mass is 10.1. The van der Waals surface area contributed by atoms with Crippen LogP contribution in [0.4, 0.5) is 5.69 Å². The zero-order valence-corrected chi connectivity index (χ0v) is 16.5. The maximum atomic E-state index is 12.9. The Balaban J connectivity index is 1.76. The molecule has 0 unspecified atom stereocenters. The minimum absolute atomic E-state index is 0.00515. The Bertz CT molecular complexity index is 1010. The van der Waals surface area contributed by atoms with Crippen molar-refractivity contribution in [1.82, 2.24) is 9.47 Å². The second-order valence-electron chi connectivity index (χ2n) is 7.15. The lowest BCUT2D eigenvalue weighted by Gasteiger charge is -2.18. The maximum absolute atomic E-state index is 12.9. The number of hydrogen-bond acceptors (Lipinski definition) is 2. The van der Waals surface area contributed by atoms with Crippen molar-refractivity contribution in [3.05, 3.63) is 64.8 Å². The summed E-state index contributed by atoms with van der Waals surface area (Å²) in [6, 6.07) is 11.8. The zero-order valence-electron chi connectivity index (χ0n) is 16.5. The molecule has 0 spiro atoms. The van der Waals surface area contributed by atoms with Crippen LogP contribution in [0.2, 0.25) is 0 Å². The molecule has 0 radical (unpaired) electrons. The van der Waals surface area contributed by atoms with E-state index < -0.39 is 0 Å². The normalized spacial score (nSPS) is 10.9. The van der Waals surface area contributed by atoms with Crippen LogP contribution in [0.25, 0.3) is 10.9 Å². The molecule has 0 saturated heterocycles. The quantitative estimate of drug-likeness (QED) is 0.766. The van der Waals surface area contributed by atoms with E-state index in [-0.39, 0.29) is 18.4 Å². The number of amides is 2. The van der Waals surface area contributed by atoms with Gasteiger partial charge in [-0.1, -0.05) is 35.9 Å². The van der Waals surface area contributed by atoms with Crippen molar-refractivity contribution >= 4 is 28.4 Å². The monoisotopic (exact) mass is 363 g/mol. The van der Waals surface area contributed by atoms with Crippen LogP contribution in [0.15, 0.2) is 42.6 Å². The lowest BCUT2D eigenvalue weighted by molar-refractivity contribution is -0.116. The van der Waals surface area contributed by atoms with E-state index in [9.17, 15) is 9.59 Å². The summed E-state index contributed by atoms with van der Waals surface area (Å²) in [7, 11) is 3.56. The summed E-state index contributed by atoms with van der Waals surface area (Å²) in [6.07, 6.45) is 1.82. The number of fused-ring (bicyclic) bond motifs is 1. The molecule has 27 heavy (non-hydrogen) atoms. The summed E-state index contributed by atoms with van der Waals surface area (Å²) in [6.45, 7) is 5.97. The fraction of sp³-hybridized carbons (Fsp3) is 0.273. The highest BCUT2D eigenvalue weighted by Crippen LogP contribution is 2.23. The maximum Gasteiger partial charge on any atom is 0.256 e. The lowest BCUT2D eigenvalue weighted by Crippen LogP contribution is -2.35. The molecular formula is C22H25N3O2. The van der Waals surface area contributed by atoms with Crippen molar-refractivity contribution in [2.45, 2.75) is 20.8 Å². The second-order valence-corrected chi connectivity index (χ2v) is 7.15. The number of nitrogens with zero attached hydrogens (tertiary/aromatic N) is 2. The molecular weight excluding hydrogens is 338 g/mol. The minimum atomic E-state index is -0.207. The Morgan fingerprint density at radius 2 is 1.70 bits per heavy atom. The predicted molar refractivity (Wildman–Crippen MR) is 109 cm³/mol. The molecule has 5 heteroatoms. The third-order valence-corrected chi connectivity index (χ3v) is 4.80. The van der Waals surface area contributed by atoms with Crippen LogP contribution in [0.3, 0.4) is 0 Å². The third-order valence-electron chi connectivity index (χ3n) is 4.80. The number of benzene rings is 2. The van der Waals surface area contributed by atoms with Gasteiger partial charge in [0.15, 0.2) is 0 Å². The van der Waals surface area contributed by atoms with E-state index in [1.807, 2.05) is 75.0 Å². The van der Waals surface area contributed by atoms with Gasteiger partial charge in [0, 0.05) is 36.9 Å². The highest BCUT2D eigenvalue weighted by Gasteiger charge is 2.20. The van der Waals surface area contributed by atoms with Crippen molar-refractivity contribution < 1.29 is 9.59 Å². The molecule has 2 amide bonds. The molecule has 3 aromatic rings. The average Bonchev–Trinajstić information content (AvgIpc) is 2.94. The van der Waals surface area contributed by atoms with Gasteiger partial charge in [-0.2, -0.15) is 0 Å². The van der Waals surface area contributed by atoms with Gasteiger partial charge >= 0.3 is 0 Å². The number of para-hydroxylation sites is 1. The molecule has 0 fully saturated rings. The first kappa shape index (κ1) is 18.7. The number of rotatable bonds is 4. The highest BCUT2D eigenvalue weighted by molar-refractivity contribution is 6.08. The van der Waals surface area contributed by atoms with E-state index >= 15 is 0 Å². The Morgan fingerprint density at radius 3 is 2.37 bits per heavy atom. The first-order chi connectivity index (χ1) is 12.8. The number of nitrogens with one attached hydrogen (secondary N) is 1. The minimum Gasteiger partial charge on any atom is -0.350 e. The molecule has 3 rings (SSSR count). The van der Waals surface area contributed by atoms with Crippen molar-refractivity contribution in [1.29, 1.82) is 0 Å². The second kappa shape index (κ2) is 7.27. The van der Waals surface area contributed by atoms with Gasteiger partial charge in [-0.3, -0.25) is 9.59 Å². The molecule has 1 aromatic heterocycles. The predicted octanol–water partition coefficient (Wildman–Crippen LogP) is 3.81. The first-order valence-corrected chi connectivity index (χ1v) is 8.95. The first-order valence-electron chi connectivity index (χ1n) is 8.95. The van der Waals surface area contributed by atoms with E-state index in [1.165, 1.54) is 4.90 Å². The summed E-state index contributed by atoms with van der Waals surface area (Å²) in [5.74, 6) is -0.375. The van der Waals surface area contributed by atoms with Crippen molar-refractivity contribution in [2.75, 3.05) is 18.9 Å². The summed E-state index contributed by atoms with van der Waals surface area (Å²) in [5, 5.41) is 3.84. The van der Waals surface area contributed by atoms with E-state index in [0.717, 1.165) is 33.3 Å². The summed E-state index contributed by atoms with van der Waals surface area (Å²) in [5.41, 5.74) is 5.60. The molecule has 0 saturated carbocycles. The summed E-state index contributed by atoms with van der Waals surface area (Å²) in [4.78, 5) is 26.8. The number of aryl methyl sites for hydroxylation is 4. The van der Waals surface area contributed by atoms with E-state index in [0.29, 0.717) is 5.56 Å². The summed E-state index contributed by atoms with van der Waals surface area (Å²) >= 11 is 0. The van der Waals surface area contributed by atoms with Crippen LogP contribution in [0.5, 0.6) is 0 Å². The number of aromatic nitrogens is 1. The van der Waals surface area contributed by atoms with Gasteiger partial charge in [-0.05, 0) is 38.0 Å². The number of carbonyl (C=O) groups excluding carboxylic acids is 2. The van der Waals surface area contributed by atoms with Crippen molar-refractivity contribution in [3.8, 4) is 0 Å². The topological polar surface area (TPSA) is 54.3 Å². The molecule has 0 aliphatic rings. The highest BCUT2D eigenvalue weighted by atomic mass is 16.2. The Kier molecular flexibility index (Phi) is 5.04. The van der Waals surface area contributed by atoms with Gasteiger partial charge in [0.1, 0.15) is 0 Å². The third kappa shape index (κ3) is 3.72. The molecule has 1 N–H and O–H groups in total. The average molecular weight is 363 g/mol. The standard InChI is InChI=1S/C22H25N3O2/c1-14-10-15(2)21(16(3)11-14)23-20(26)13-25(5)22(27)18-12-24(4)19-9-7-6-8-17(18)19/h6-12H,13H2,1-5H3,(H,23,26). The van der Waals surface area contributed by atoms with Crippen LogP contribution >= 0.6 is 0 Å². The SMILES string of the molecule is Cc1cc(C)c(NC(=O)CN(C)C(=O)c2cn(C)c3ccccc23)c(C)c1. The fourth-order valence-electron chi connectivity index (χ4n) is 3.56. The molecule has 0 aliphatic carbocycles. The largest absolute Gasteiger partial charge is 0.350 e. The van der Waals surface area contributed by atoms with Crippen molar-refractivity contribution in [3.63, 3.8) is 0 Å². The van der Waals surface area contributed by atoms with Gasteiger partial charge in [-0.15, -0.1) is 0 Å². The molecule has 0 aliphatic heterocycles. The van der Waals surface area contributed by atoms with E-state index in [1.54, 1.807) is 7.05 Å². The van der Waals surface area contributed by atoms with Crippen LogP contribution in [0.1, 0.15) is 27.0 Å². The molecule has 0 bridgehead atoms. The van der Waals surface area contributed by atoms with Crippen LogP contribution in [-0.2, 0) is 11.8 Å². The Hall–Kier alpha value is -3.08. The van der Waals surface area contributed by atoms with Crippen LogP contribution < -0.4 is 5.32 Å². The van der Waals surface area contributed by atoms with Gasteiger partial charge < -0.3 is 14.8 Å².